The third kappa shape index (κ3) is 5.10. The van der Waals surface area contributed by atoms with Gasteiger partial charge in [-0.15, -0.1) is 0 Å². The average Bonchev–Trinajstić information content (AvgIpc) is 2.43. The lowest BCUT2D eigenvalue weighted by atomic mass is 9.89. The van der Waals surface area contributed by atoms with Crippen LogP contribution in [0.2, 0.25) is 0 Å². The fourth-order valence-electron chi connectivity index (χ4n) is 3.60. The number of piperidine rings is 1. The van der Waals surface area contributed by atoms with Crippen LogP contribution in [-0.4, -0.2) is 42.9 Å². The minimum atomic E-state index is -0.549. The molecule has 1 saturated heterocycles. The van der Waals surface area contributed by atoms with Crippen LogP contribution < -0.4 is 0 Å². The molecule has 0 N–H and O–H groups in total. The van der Waals surface area contributed by atoms with Crippen molar-refractivity contribution in [3.8, 4) is 0 Å². The van der Waals surface area contributed by atoms with Gasteiger partial charge in [0.15, 0.2) is 0 Å². The number of nitrogens with zero attached hydrogens (tertiary/aromatic N) is 1. The first-order valence-electron chi connectivity index (χ1n) is 8.62. The molecule has 0 radical (unpaired) electrons. The monoisotopic (exact) mass is 295 g/mol. The normalized spacial score (nSPS) is 26.1. The van der Waals surface area contributed by atoms with Crippen molar-refractivity contribution >= 4 is 11.8 Å². The van der Waals surface area contributed by atoms with E-state index in [2.05, 4.69) is 4.90 Å². The van der Waals surface area contributed by atoms with E-state index >= 15 is 0 Å². The van der Waals surface area contributed by atoms with Crippen LogP contribution in [-0.2, 0) is 14.3 Å². The number of Topliss-reactive ketones (excluding diaryl/α,β-unsaturated/α-hetero) is 1. The summed E-state index contributed by atoms with van der Waals surface area (Å²) in [5.41, 5.74) is 0. The maximum Gasteiger partial charge on any atom is 0.317 e. The largest absolute Gasteiger partial charge is 0.465 e. The predicted octanol–water partition coefficient (Wildman–Crippen LogP) is 2.80. The van der Waals surface area contributed by atoms with Gasteiger partial charge in [0.2, 0.25) is 0 Å². The number of rotatable bonds is 4. The second-order valence-electron chi connectivity index (χ2n) is 6.49. The quantitative estimate of drug-likeness (QED) is 0.591. The Hall–Kier alpha value is -0.900. The lowest BCUT2D eigenvalue weighted by molar-refractivity contribution is -0.154. The van der Waals surface area contributed by atoms with Gasteiger partial charge in [0.25, 0.3) is 0 Å². The van der Waals surface area contributed by atoms with Crippen molar-refractivity contribution < 1.29 is 14.3 Å². The number of likely N-dealkylation sites (tertiary alicyclic amines) is 1. The SMILES string of the molecule is CCOC(=O)C1CN(CC2CCCCCCC2)CCC1=O. The van der Waals surface area contributed by atoms with E-state index in [4.69, 9.17) is 4.74 Å². The second kappa shape index (κ2) is 8.52. The molecule has 4 heteroatoms. The molecule has 2 aliphatic rings. The van der Waals surface area contributed by atoms with Crippen LogP contribution in [0.25, 0.3) is 0 Å². The average molecular weight is 295 g/mol. The van der Waals surface area contributed by atoms with Crippen molar-refractivity contribution in [3.63, 3.8) is 0 Å². The van der Waals surface area contributed by atoms with Crippen LogP contribution in [0.1, 0.15) is 58.3 Å². The predicted molar refractivity (Wildman–Crippen MR) is 82.0 cm³/mol. The fraction of sp³-hybridized carbons (Fsp3) is 0.882. The Morgan fingerprint density at radius 2 is 1.86 bits per heavy atom. The van der Waals surface area contributed by atoms with E-state index in [0.717, 1.165) is 19.0 Å². The molecule has 1 saturated carbocycles. The zero-order chi connectivity index (χ0) is 15.1. The van der Waals surface area contributed by atoms with Gasteiger partial charge < -0.3 is 9.64 Å². The van der Waals surface area contributed by atoms with Gasteiger partial charge in [-0.25, -0.2) is 0 Å². The molecule has 1 atom stereocenters. The van der Waals surface area contributed by atoms with Crippen LogP contribution in [0.3, 0.4) is 0 Å². The highest BCUT2D eigenvalue weighted by Crippen LogP contribution is 2.25. The van der Waals surface area contributed by atoms with Crippen LogP contribution >= 0.6 is 0 Å². The summed E-state index contributed by atoms with van der Waals surface area (Å²) in [6, 6.07) is 0. The number of hydrogen-bond donors (Lipinski definition) is 0. The molecule has 1 aliphatic carbocycles. The molecule has 0 aromatic heterocycles. The van der Waals surface area contributed by atoms with E-state index in [1.54, 1.807) is 6.92 Å². The number of esters is 1. The van der Waals surface area contributed by atoms with Crippen molar-refractivity contribution in [1.29, 1.82) is 0 Å². The highest BCUT2D eigenvalue weighted by Gasteiger charge is 2.34. The molecule has 4 nitrogen and oxygen atoms in total. The minimum Gasteiger partial charge on any atom is -0.465 e. The van der Waals surface area contributed by atoms with E-state index in [0.29, 0.717) is 19.6 Å². The maximum atomic E-state index is 11.9. The van der Waals surface area contributed by atoms with Gasteiger partial charge in [0.1, 0.15) is 11.7 Å². The summed E-state index contributed by atoms with van der Waals surface area (Å²) in [7, 11) is 0. The zero-order valence-electron chi connectivity index (χ0n) is 13.3. The maximum absolute atomic E-state index is 11.9. The number of carbonyl (C=O) groups excluding carboxylic acids is 2. The Morgan fingerprint density at radius 1 is 1.19 bits per heavy atom. The highest BCUT2D eigenvalue weighted by atomic mass is 16.5. The van der Waals surface area contributed by atoms with Crippen LogP contribution in [0.15, 0.2) is 0 Å². The summed E-state index contributed by atoms with van der Waals surface area (Å²) in [5.74, 6) is -0.0826. The number of ether oxygens (including phenoxy) is 1. The molecule has 1 heterocycles. The molecular formula is C17H29NO3. The Kier molecular flexibility index (Phi) is 6.68. The molecule has 120 valence electrons. The third-order valence-corrected chi connectivity index (χ3v) is 4.82. The lowest BCUT2D eigenvalue weighted by Crippen LogP contribution is -2.46. The summed E-state index contributed by atoms with van der Waals surface area (Å²) in [5, 5.41) is 0. The van der Waals surface area contributed by atoms with Crippen molar-refractivity contribution in [2.45, 2.75) is 58.3 Å². The van der Waals surface area contributed by atoms with E-state index < -0.39 is 5.92 Å². The lowest BCUT2D eigenvalue weighted by Gasteiger charge is -2.33. The minimum absolute atomic E-state index is 0.0577. The van der Waals surface area contributed by atoms with Crippen molar-refractivity contribution in [1.82, 2.24) is 4.90 Å². The van der Waals surface area contributed by atoms with Crippen molar-refractivity contribution in [2.24, 2.45) is 11.8 Å². The molecule has 21 heavy (non-hydrogen) atoms. The van der Waals surface area contributed by atoms with Gasteiger partial charge in [-0.05, 0) is 25.7 Å². The molecule has 0 aromatic carbocycles. The summed E-state index contributed by atoms with van der Waals surface area (Å²) in [6.07, 6.45) is 9.87. The van der Waals surface area contributed by atoms with Gasteiger partial charge >= 0.3 is 5.97 Å². The molecule has 0 amide bonds. The second-order valence-corrected chi connectivity index (χ2v) is 6.49. The third-order valence-electron chi connectivity index (χ3n) is 4.82. The number of hydrogen-bond acceptors (Lipinski definition) is 4. The Bertz CT molecular complexity index is 348. The van der Waals surface area contributed by atoms with E-state index in [9.17, 15) is 9.59 Å². The van der Waals surface area contributed by atoms with E-state index in [-0.39, 0.29) is 11.8 Å². The Labute approximate surface area is 128 Å². The summed E-state index contributed by atoms with van der Waals surface area (Å²) in [4.78, 5) is 26.1. The van der Waals surface area contributed by atoms with Crippen molar-refractivity contribution in [2.75, 3.05) is 26.2 Å². The van der Waals surface area contributed by atoms with Crippen LogP contribution in [0.5, 0.6) is 0 Å². The summed E-state index contributed by atoms with van der Waals surface area (Å²) in [6.45, 7) is 4.56. The van der Waals surface area contributed by atoms with Gasteiger partial charge in [0, 0.05) is 26.1 Å². The summed E-state index contributed by atoms with van der Waals surface area (Å²) >= 11 is 0. The first kappa shape index (κ1) is 16.5. The van der Waals surface area contributed by atoms with Gasteiger partial charge in [0.05, 0.1) is 6.61 Å². The smallest absolute Gasteiger partial charge is 0.317 e. The molecule has 1 unspecified atom stereocenters. The Morgan fingerprint density at radius 3 is 2.52 bits per heavy atom. The van der Waals surface area contributed by atoms with Gasteiger partial charge in [-0.3, -0.25) is 9.59 Å². The van der Waals surface area contributed by atoms with E-state index in [1.165, 1.54) is 44.9 Å². The zero-order valence-corrected chi connectivity index (χ0v) is 13.3. The number of ketones is 1. The Balaban J connectivity index is 1.85. The fourth-order valence-corrected chi connectivity index (χ4v) is 3.60. The molecular weight excluding hydrogens is 266 g/mol. The first-order chi connectivity index (χ1) is 10.2. The van der Waals surface area contributed by atoms with Gasteiger partial charge in [-0.1, -0.05) is 32.1 Å². The standard InChI is InChI=1S/C17H29NO3/c1-2-21-17(20)15-13-18(11-10-16(15)19)12-14-8-6-4-3-5-7-9-14/h14-15H,2-13H2,1H3. The van der Waals surface area contributed by atoms with Crippen LogP contribution in [0, 0.1) is 11.8 Å². The first-order valence-corrected chi connectivity index (χ1v) is 8.62. The molecule has 2 fully saturated rings. The number of carbonyl (C=O) groups is 2. The topological polar surface area (TPSA) is 46.6 Å². The molecule has 2 rings (SSSR count). The molecule has 1 aliphatic heterocycles. The van der Waals surface area contributed by atoms with Gasteiger partial charge in [-0.2, -0.15) is 0 Å². The molecule has 0 bridgehead atoms. The molecule has 0 spiro atoms. The highest BCUT2D eigenvalue weighted by molar-refractivity contribution is 5.99. The summed E-state index contributed by atoms with van der Waals surface area (Å²) < 4.78 is 5.04. The van der Waals surface area contributed by atoms with Crippen LogP contribution in [0.4, 0.5) is 0 Å². The van der Waals surface area contributed by atoms with Crippen molar-refractivity contribution in [3.05, 3.63) is 0 Å². The molecule has 0 aromatic rings. The van der Waals surface area contributed by atoms with E-state index in [1.807, 2.05) is 0 Å².